The Hall–Kier alpha value is -3.59. The maximum atomic E-state index is 13.6. The highest BCUT2D eigenvalue weighted by molar-refractivity contribution is 5.99. The molecule has 2 aromatic carbocycles. The molecule has 8 nitrogen and oxygen atoms in total. The number of carbonyl (C=O) groups excluding carboxylic acids is 1. The molecule has 0 bridgehead atoms. The van der Waals surface area contributed by atoms with E-state index in [-0.39, 0.29) is 41.1 Å². The van der Waals surface area contributed by atoms with E-state index in [1.54, 1.807) is 6.07 Å². The summed E-state index contributed by atoms with van der Waals surface area (Å²) in [5.41, 5.74) is -0.461. The molecule has 0 saturated carbocycles. The number of nitro groups is 1. The molecule has 0 radical (unpaired) electrons. The third kappa shape index (κ3) is 2.64. The van der Waals surface area contributed by atoms with E-state index in [1.807, 2.05) is 0 Å². The fraction of sp³-hybridized carbons (Fsp3) is 0.158. The van der Waals surface area contributed by atoms with Gasteiger partial charge in [0.25, 0.3) is 11.6 Å². The van der Waals surface area contributed by atoms with E-state index in [2.05, 4.69) is 0 Å². The molecule has 1 aliphatic heterocycles. The standard InChI is InChI=1S/C19H13FN2O6/c20-11-4-5-14-13(9-11)17(24)15-16(10-2-1-3-12(8-10)22(26)27)21(6-7-23)19(25)18(15)28-14/h1-5,8-9,16,23H,6-7H2/t16-/m1/s1. The number of benzene rings is 2. The molecule has 1 atom stereocenters. The zero-order chi connectivity index (χ0) is 20.0. The first-order chi connectivity index (χ1) is 13.4. The topological polar surface area (TPSA) is 114 Å². The summed E-state index contributed by atoms with van der Waals surface area (Å²) >= 11 is 0. The molecule has 1 amide bonds. The summed E-state index contributed by atoms with van der Waals surface area (Å²) < 4.78 is 19.2. The number of non-ortho nitro benzene ring substituents is 1. The fourth-order valence-electron chi connectivity index (χ4n) is 3.49. The quantitative estimate of drug-likeness (QED) is 0.546. The summed E-state index contributed by atoms with van der Waals surface area (Å²) in [6.07, 6.45) is 0. The second-order valence-corrected chi connectivity index (χ2v) is 6.29. The Kier molecular flexibility index (Phi) is 4.16. The summed E-state index contributed by atoms with van der Waals surface area (Å²) in [5.74, 6) is -1.47. The van der Waals surface area contributed by atoms with Crippen molar-refractivity contribution in [2.75, 3.05) is 13.2 Å². The van der Waals surface area contributed by atoms with Crippen molar-refractivity contribution in [3.63, 3.8) is 0 Å². The smallest absolute Gasteiger partial charge is 0.290 e. The summed E-state index contributed by atoms with van der Waals surface area (Å²) in [6.45, 7) is -0.492. The van der Waals surface area contributed by atoms with Crippen LogP contribution in [0.25, 0.3) is 11.0 Å². The van der Waals surface area contributed by atoms with Crippen LogP contribution in [0.1, 0.15) is 27.7 Å². The number of nitrogens with zero attached hydrogens (tertiary/aromatic N) is 2. The zero-order valence-corrected chi connectivity index (χ0v) is 14.3. The number of hydrogen-bond acceptors (Lipinski definition) is 6. The highest BCUT2D eigenvalue weighted by Gasteiger charge is 2.42. The minimum Gasteiger partial charge on any atom is -0.450 e. The largest absolute Gasteiger partial charge is 0.450 e. The molecule has 142 valence electrons. The minimum absolute atomic E-state index is 0.0305. The molecule has 1 N–H and O–H groups in total. The van der Waals surface area contributed by atoms with Crippen LogP contribution in [0.3, 0.4) is 0 Å². The molecule has 9 heteroatoms. The van der Waals surface area contributed by atoms with Crippen LogP contribution in [-0.4, -0.2) is 34.0 Å². The highest BCUT2D eigenvalue weighted by Crippen LogP contribution is 2.38. The minimum atomic E-state index is -0.988. The number of nitro benzene ring substituents is 1. The van der Waals surface area contributed by atoms with Gasteiger partial charge < -0.3 is 14.4 Å². The van der Waals surface area contributed by atoms with E-state index < -0.39 is 28.1 Å². The number of rotatable bonds is 4. The average Bonchev–Trinajstić information content (AvgIpc) is 2.95. The van der Waals surface area contributed by atoms with E-state index in [9.17, 15) is 29.2 Å². The molecular formula is C19H13FN2O6. The normalized spacial score (nSPS) is 15.9. The number of aliphatic hydroxyl groups is 1. The van der Waals surface area contributed by atoms with Gasteiger partial charge in [-0.2, -0.15) is 0 Å². The third-order valence-electron chi connectivity index (χ3n) is 4.67. The van der Waals surface area contributed by atoms with Gasteiger partial charge in [0.15, 0.2) is 5.43 Å². The van der Waals surface area contributed by atoms with E-state index in [0.29, 0.717) is 5.56 Å². The molecule has 0 unspecified atom stereocenters. The van der Waals surface area contributed by atoms with Gasteiger partial charge in [-0.1, -0.05) is 12.1 Å². The van der Waals surface area contributed by atoms with Crippen molar-refractivity contribution in [1.82, 2.24) is 4.90 Å². The number of carbonyl (C=O) groups is 1. The first kappa shape index (κ1) is 17.8. The number of fused-ring (bicyclic) bond motifs is 2. The van der Waals surface area contributed by atoms with Crippen molar-refractivity contribution in [3.05, 3.63) is 85.5 Å². The molecule has 4 rings (SSSR count). The fourth-order valence-corrected chi connectivity index (χ4v) is 3.49. The first-order valence-corrected chi connectivity index (χ1v) is 8.35. The second-order valence-electron chi connectivity index (χ2n) is 6.29. The van der Waals surface area contributed by atoms with Gasteiger partial charge >= 0.3 is 0 Å². The van der Waals surface area contributed by atoms with Gasteiger partial charge in [0, 0.05) is 18.7 Å². The molecule has 28 heavy (non-hydrogen) atoms. The summed E-state index contributed by atoms with van der Waals surface area (Å²) in [6, 6.07) is 7.93. The SMILES string of the molecule is O=C1c2oc3ccc(F)cc3c(=O)c2[C@@H](c2cccc([N+](=O)[O-])c2)N1CCO. The molecular weight excluding hydrogens is 371 g/mol. The van der Waals surface area contributed by atoms with E-state index >= 15 is 0 Å². The van der Waals surface area contributed by atoms with Gasteiger partial charge in [0.2, 0.25) is 5.76 Å². The Bertz CT molecular complexity index is 1190. The van der Waals surface area contributed by atoms with Crippen LogP contribution in [0.15, 0.2) is 51.7 Å². The molecule has 0 spiro atoms. The van der Waals surface area contributed by atoms with E-state index in [1.165, 1.54) is 29.2 Å². The lowest BCUT2D eigenvalue weighted by molar-refractivity contribution is -0.384. The van der Waals surface area contributed by atoms with E-state index in [0.717, 1.165) is 12.1 Å². The first-order valence-electron chi connectivity index (χ1n) is 8.35. The van der Waals surface area contributed by atoms with Crippen LogP contribution < -0.4 is 5.43 Å². The monoisotopic (exact) mass is 384 g/mol. The maximum Gasteiger partial charge on any atom is 0.290 e. The number of amides is 1. The number of halogens is 1. The van der Waals surface area contributed by atoms with Gasteiger partial charge in [0.05, 0.1) is 28.5 Å². The lowest BCUT2D eigenvalue weighted by Crippen LogP contribution is -2.32. The number of aliphatic hydroxyl groups excluding tert-OH is 1. The Balaban J connectivity index is 2.01. The molecule has 0 fully saturated rings. The molecule has 1 aliphatic rings. The van der Waals surface area contributed by atoms with Crippen LogP contribution in [0.5, 0.6) is 0 Å². The molecule has 0 aliphatic carbocycles. The molecule has 1 aromatic heterocycles. The van der Waals surface area contributed by atoms with Crippen LogP contribution in [0.2, 0.25) is 0 Å². The van der Waals surface area contributed by atoms with Gasteiger partial charge in [-0.3, -0.25) is 19.7 Å². The molecule has 2 heterocycles. The van der Waals surface area contributed by atoms with Crippen LogP contribution in [0, 0.1) is 15.9 Å². The van der Waals surface area contributed by atoms with Crippen molar-refractivity contribution in [3.8, 4) is 0 Å². The van der Waals surface area contributed by atoms with Gasteiger partial charge in [-0.25, -0.2) is 4.39 Å². The van der Waals surface area contributed by atoms with Crippen molar-refractivity contribution in [1.29, 1.82) is 0 Å². The molecule has 3 aromatic rings. The number of β-amino-alcohol motifs (C(OH)–C–C–N with tert-alkyl or cyclic N) is 1. The van der Waals surface area contributed by atoms with Crippen molar-refractivity contribution in [2.24, 2.45) is 0 Å². The third-order valence-corrected chi connectivity index (χ3v) is 4.67. The number of hydrogen-bond donors (Lipinski definition) is 1. The lowest BCUT2D eigenvalue weighted by atomic mass is 9.98. The Morgan fingerprint density at radius 1 is 1.21 bits per heavy atom. The van der Waals surface area contributed by atoms with Crippen molar-refractivity contribution >= 4 is 22.6 Å². The predicted octanol–water partition coefficient (Wildman–Crippen LogP) is 2.38. The van der Waals surface area contributed by atoms with Gasteiger partial charge in [0.1, 0.15) is 11.4 Å². The maximum absolute atomic E-state index is 13.6. The summed E-state index contributed by atoms with van der Waals surface area (Å²) in [5, 5.41) is 20.5. The lowest BCUT2D eigenvalue weighted by Gasteiger charge is -2.24. The van der Waals surface area contributed by atoms with Gasteiger partial charge in [-0.05, 0) is 23.8 Å². The Morgan fingerprint density at radius 2 is 2.00 bits per heavy atom. The second kappa shape index (κ2) is 6.54. The van der Waals surface area contributed by atoms with Crippen LogP contribution in [-0.2, 0) is 0 Å². The summed E-state index contributed by atoms with van der Waals surface area (Å²) in [7, 11) is 0. The van der Waals surface area contributed by atoms with Crippen LogP contribution in [0.4, 0.5) is 10.1 Å². The highest BCUT2D eigenvalue weighted by atomic mass is 19.1. The average molecular weight is 384 g/mol. The van der Waals surface area contributed by atoms with Gasteiger partial charge in [-0.15, -0.1) is 0 Å². The summed E-state index contributed by atoms with van der Waals surface area (Å²) in [4.78, 5) is 37.6. The van der Waals surface area contributed by atoms with E-state index in [4.69, 9.17) is 4.42 Å². The Labute approximate surface area is 156 Å². The van der Waals surface area contributed by atoms with Crippen molar-refractivity contribution < 1.29 is 23.6 Å². The van der Waals surface area contributed by atoms with Crippen molar-refractivity contribution in [2.45, 2.75) is 6.04 Å². The molecule has 0 saturated heterocycles. The zero-order valence-electron chi connectivity index (χ0n) is 14.3. The Morgan fingerprint density at radius 3 is 2.71 bits per heavy atom. The van der Waals surface area contributed by atoms with Crippen LogP contribution >= 0.6 is 0 Å². The predicted molar refractivity (Wildman–Crippen MR) is 95.5 cm³/mol.